The number of rotatable bonds is 8. The van der Waals surface area contributed by atoms with Gasteiger partial charge in [-0.05, 0) is 48.7 Å². The molecular weight excluding hydrogens is 456 g/mol. The van der Waals surface area contributed by atoms with Crippen LogP contribution >= 0.6 is 0 Å². The van der Waals surface area contributed by atoms with Gasteiger partial charge in [0.2, 0.25) is 11.8 Å². The Morgan fingerprint density at radius 1 is 0.833 bits per heavy atom. The van der Waals surface area contributed by atoms with Crippen molar-refractivity contribution in [3.8, 4) is 17.2 Å². The summed E-state index contributed by atoms with van der Waals surface area (Å²) in [7, 11) is 4.83. The highest BCUT2D eigenvalue weighted by molar-refractivity contribution is 6.01. The smallest absolute Gasteiger partial charge is 0.237 e. The minimum Gasteiger partial charge on any atom is -0.497 e. The van der Waals surface area contributed by atoms with Gasteiger partial charge < -0.3 is 19.1 Å². The van der Waals surface area contributed by atoms with Crippen molar-refractivity contribution in [1.29, 1.82) is 0 Å². The summed E-state index contributed by atoms with van der Waals surface area (Å²) < 4.78 is 16.3. The standard InChI is InChI=1S/C29H32N2O5/c1-34-23-11-8-10-22(20-23)29(15-17-31(18-16-29)24-12-5-7-14-26(24)36-3)28(33)30-27(32)19-21-9-4-6-13-25(21)35-2/h4-14,20H,15-19H2,1-3H3,(H,30,32,33). The van der Waals surface area contributed by atoms with E-state index in [9.17, 15) is 9.59 Å². The van der Waals surface area contributed by atoms with Crippen LogP contribution in [-0.2, 0) is 21.4 Å². The Morgan fingerprint density at radius 3 is 2.19 bits per heavy atom. The predicted molar refractivity (Wildman–Crippen MR) is 139 cm³/mol. The first-order chi connectivity index (χ1) is 17.5. The summed E-state index contributed by atoms with van der Waals surface area (Å²) in [6.07, 6.45) is 1.12. The fourth-order valence-corrected chi connectivity index (χ4v) is 4.90. The molecule has 0 bridgehead atoms. The molecule has 0 aliphatic carbocycles. The molecule has 0 unspecified atom stereocenters. The number of imide groups is 1. The van der Waals surface area contributed by atoms with Crippen LogP contribution < -0.4 is 24.4 Å². The van der Waals surface area contributed by atoms with Gasteiger partial charge in [0.15, 0.2) is 0 Å². The molecule has 0 saturated carbocycles. The van der Waals surface area contributed by atoms with E-state index in [0.717, 1.165) is 22.6 Å². The molecule has 36 heavy (non-hydrogen) atoms. The summed E-state index contributed by atoms with van der Waals surface area (Å²) in [6.45, 7) is 1.26. The van der Waals surface area contributed by atoms with Crippen LogP contribution in [-0.4, -0.2) is 46.2 Å². The molecule has 7 nitrogen and oxygen atoms in total. The van der Waals surface area contributed by atoms with Gasteiger partial charge in [-0.25, -0.2) is 0 Å². The van der Waals surface area contributed by atoms with Crippen LogP contribution in [0.3, 0.4) is 0 Å². The first-order valence-electron chi connectivity index (χ1n) is 12.0. The van der Waals surface area contributed by atoms with E-state index in [1.165, 1.54) is 0 Å². The van der Waals surface area contributed by atoms with E-state index >= 15 is 0 Å². The average molecular weight is 489 g/mol. The Bertz CT molecular complexity index is 1220. The van der Waals surface area contributed by atoms with Gasteiger partial charge in [0, 0.05) is 18.7 Å². The maximum Gasteiger partial charge on any atom is 0.237 e. The van der Waals surface area contributed by atoms with E-state index in [2.05, 4.69) is 10.2 Å². The van der Waals surface area contributed by atoms with Gasteiger partial charge >= 0.3 is 0 Å². The number of benzene rings is 3. The van der Waals surface area contributed by atoms with Gasteiger partial charge in [0.1, 0.15) is 17.2 Å². The minimum absolute atomic E-state index is 0.0529. The Kier molecular flexibility index (Phi) is 7.78. The summed E-state index contributed by atoms with van der Waals surface area (Å²) in [4.78, 5) is 29.0. The highest BCUT2D eigenvalue weighted by Crippen LogP contribution is 2.40. The van der Waals surface area contributed by atoms with Gasteiger partial charge in [0.05, 0.1) is 38.9 Å². The predicted octanol–water partition coefficient (Wildman–Crippen LogP) is 4.14. The van der Waals surface area contributed by atoms with Crippen LogP contribution in [0.5, 0.6) is 17.2 Å². The van der Waals surface area contributed by atoms with Crippen molar-refractivity contribution in [2.45, 2.75) is 24.7 Å². The molecule has 1 aliphatic heterocycles. The third-order valence-corrected chi connectivity index (χ3v) is 6.90. The molecule has 1 fully saturated rings. The Labute approximate surface area is 212 Å². The number of hydrogen-bond donors (Lipinski definition) is 1. The maximum atomic E-state index is 13.8. The van der Waals surface area contributed by atoms with Crippen LogP contribution in [0, 0.1) is 0 Å². The summed E-state index contributed by atoms with van der Waals surface area (Å²) in [5, 5.41) is 2.69. The molecule has 1 N–H and O–H groups in total. The van der Waals surface area contributed by atoms with Gasteiger partial charge in [-0.3, -0.25) is 14.9 Å². The van der Waals surface area contributed by atoms with Gasteiger partial charge in [-0.15, -0.1) is 0 Å². The number of ether oxygens (including phenoxy) is 3. The van der Waals surface area contributed by atoms with Gasteiger partial charge in [-0.1, -0.05) is 42.5 Å². The molecule has 0 aromatic heterocycles. The van der Waals surface area contributed by atoms with Gasteiger partial charge in [-0.2, -0.15) is 0 Å². The first-order valence-corrected chi connectivity index (χ1v) is 12.0. The highest BCUT2D eigenvalue weighted by Gasteiger charge is 2.44. The number of carbonyl (C=O) groups excluding carboxylic acids is 2. The fourth-order valence-electron chi connectivity index (χ4n) is 4.90. The highest BCUT2D eigenvalue weighted by atomic mass is 16.5. The third kappa shape index (κ3) is 5.15. The molecule has 0 radical (unpaired) electrons. The number of hydrogen-bond acceptors (Lipinski definition) is 6. The number of carbonyl (C=O) groups is 2. The van der Waals surface area contributed by atoms with Crippen molar-refractivity contribution >= 4 is 17.5 Å². The number of para-hydroxylation sites is 3. The minimum atomic E-state index is -0.872. The molecule has 1 heterocycles. The second-order valence-electron chi connectivity index (χ2n) is 8.84. The molecule has 3 aromatic carbocycles. The number of piperidine rings is 1. The molecule has 0 spiro atoms. The van der Waals surface area contributed by atoms with Crippen molar-refractivity contribution < 1.29 is 23.8 Å². The monoisotopic (exact) mass is 488 g/mol. The lowest BCUT2D eigenvalue weighted by Gasteiger charge is -2.42. The van der Waals surface area contributed by atoms with Crippen LogP contribution in [0.4, 0.5) is 5.69 Å². The summed E-state index contributed by atoms with van der Waals surface area (Å²) in [5.41, 5.74) is 1.69. The first kappa shape index (κ1) is 25.1. The zero-order valence-corrected chi connectivity index (χ0v) is 21.0. The largest absolute Gasteiger partial charge is 0.497 e. The normalized spacial score (nSPS) is 14.6. The molecule has 1 saturated heterocycles. The van der Waals surface area contributed by atoms with Crippen LogP contribution in [0.25, 0.3) is 0 Å². The van der Waals surface area contributed by atoms with Gasteiger partial charge in [0.25, 0.3) is 0 Å². The Balaban J connectivity index is 1.58. The SMILES string of the molecule is COc1cccc(C2(C(=O)NC(=O)Cc3ccccc3OC)CCN(c3ccccc3OC)CC2)c1. The number of amides is 2. The van der Waals surface area contributed by atoms with Crippen molar-refractivity contribution in [3.05, 3.63) is 83.9 Å². The van der Waals surface area contributed by atoms with Crippen molar-refractivity contribution in [2.24, 2.45) is 0 Å². The quantitative estimate of drug-likeness (QED) is 0.514. The lowest BCUT2D eigenvalue weighted by atomic mass is 9.71. The molecule has 0 atom stereocenters. The summed E-state index contributed by atoms with van der Waals surface area (Å²) >= 11 is 0. The molecule has 7 heteroatoms. The van der Waals surface area contributed by atoms with Crippen LogP contribution in [0.2, 0.25) is 0 Å². The second kappa shape index (κ2) is 11.2. The number of methoxy groups -OCH3 is 3. The fraction of sp³-hybridized carbons (Fsp3) is 0.310. The molecule has 4 rings (SSSR count). The van der Waals surface area contributed by atoms with E-state index in [1.807, 2.05) is 66.7 Å². The molecule has 3 aromatic rings. The molecule has 1 aliphatic rings. The van der Waals surface area contributed by atoms with E-state index in [0.29, 0.717) is 37.4 Å². The maximum absolute atomic E-state index is 13.8. The van der Waals surface area contributed by atoms with E-state index in [-0.39, 0.29) is 18.2 Å². The number of nitrogens with zero attached hydrogens (tertiary/aromatic N) is 1. The molecule has 2 amide bonds. The number of nitrogens with one attached hydrogen (secondary N) is 1. The molecule has 188 valence electrons. The third-order valence-electron chi connectivity index (χ3n) is 6.90. The van der Waals surface area contributed by atoms with E-state index in [1.54, 1.807) is 27.4 Å². The second-order valence-corrected chi connectivity index (χ2v) is 8.84. The summed E-state index contributed by atoms with van der Waals surface area (Å²) in [6, 6.07) is 22.8. The van der Waals surface area contributed by atoms with E-state index < -0.39 is 5.41 Å². The van der Waals surface area contributed by atoms with Crippen molar-refractivity contribution in [2.75, 3.05) is 39.3 Å². The average Bonchev–Trinajstić information content (AvgIpc) is 2.93. The van der Waals surface area contributed by atoms with Crippen molar-refractivity contribution in [1.82, 2.24) is 5.32 Å². The topological polar surface area (TPSA) is 77.1 Å². The lowest BCUT2D eigenvalue weighted by molar-refractivity contribution is -0.134. The molecular formula is C29H32N2O5. The van der Waals surface area contributed by atoms with Crippen molar-refractivity contribution in [3.63, 3.8) is 0 Å². The zero-order chi connectivity index (χ0) is 25.5. The summed E-state index contributed by atoms with van der Waals surface area (Å²) in [5.74, 6) is 1.43. The Morgan fingerprint density at radius 2 is 1.50 bits per heavy atom. The van der Waals surface area contributed by atoms with E-state index in [4.69, 9.17) is 14.2 Å². The zero-order valence-electron chi connectivity index (χ0n) is 21.0. The Hall–Kier alpha value is -4.00. The number of anilines is 1. The van der Waals surface area contributed by atoms with Crippen LogP contribution in [0.15, 0.2) is 72.8 Å². The lowest BCUT2D eigenvalue weighted by Crippen LogP contribution is -2.53. The van der Waals surface area contributed by atoms with Crippen LogP contribution in [0.1, 0.15) is 24.0 Å².